The Morgan fingerprint density at radius 3 is 3.05 bits per heavy atom. The summed E-state index contributed by atoms with van der Waals surface area (Å²) in [5, 5.41) is 10.2. The van der Waals surface area contributed by atoms with Gasteiger partial charge in [-0.1, -0.05) is 18.2 Å². The minimum absolute atomic E-state index is 0.147. The summed E-state index contributed by atoms with van der Waals surface area (Å²) < 4.78 is 1.17. The van der Waals surface area contributed by atoms with Gasteiger partial charge < -0.3 is 10.0 Å². The van der Waals surface area contributed by atoms with Gasteiger partial charge in [-0.15, -0.1) is 11.3 Å². The van der Waals surface area contributed by atoms with Crippen LogP contribution in [-0.2, 0) is 0 Å². The predicted octanol–water partition coefficient (Wildman–Crippen LogP) is 3.14. The van der Waals surface area contributed by atoms with E-state index in [0.717, 1.165) is 42.6 Å². The lowest BCUT2D eigenvalue weighted by molar-refractivity contribution is 0.0658. The number of aliphatic hydroxyl groups excluding tert-OH is 1. The van der Waals surface area contributed by atoms with Crippen molar-refractivity contribution in [1.82, 2.24) is 4.90 Å². The Hall–Kier alpha value is -1.39. The van der Waals surface area contributed by atoms with Crippen LogP contribution in [0.15, 0.2) is 30.3 Å². The van der Waals surface area contributed by atoms with Gasteiger partial charge in [-0.25, -0.2) is 0 Å². The van der Waals surface area contributed by atoms with Gasteiger partial charge in [0.15, 0.2) is 0 Å². The Morgan fingerprint density at radius 2 is 2.25 bits per heavy atom. The smallest absolute Gasteiger partial charge is 0.263 e. The highest BCUT2D eigenvalue weighted by molar-refractivity contribution is 7.20. The lowest BCUT2D eigenvalue weighted by Crippen LogP contribution is -2.39. The molecule has 1 aromatic heterocycles. The topological polar surface area (TPSA) is 40.5 Å². The number of piperidine rings is 1. The van der Waals surface area contributed by atoms with Gasteiger partial charge in [0, 0.05) is 24.4 Å². The van der Waals surface area contributed by atoms with E-state index >= 15 is 0 Å². The zero-order chi connectivity index (χ0) is 13.9. The maximum absolute atomic E-state index is 12.6. The largest absolute Gasteiger partial charge is 0.396 e. The van der Waals surface area contributed by atoms with E-state index in [0.29, 0.717) is 5.92 Å². The number of fused-ring (bicyclic) bond motifs is 1. The van der Waals surface area contributed by atoms with Crippen LogP contribution in [0.5, 0.6) is 0 Å². The fraction of sp³-hybridized carbons (Fsp3) is 0.438. The highest BCUT2D eigenvalue weighted by Gasteiger charge is 2.25. The van der Waals surface area contributed by atoms with Crippen LogP contribution in [0, 0.1) is 5.92 Å². The molecule has 1 unspecified atom stereocenters. The summed E-state index contributed by atoms with van der Waals surface area (Å²) in [5.41, 5.74) is 0. The fourth-order valence-corrected chi connectivity index (χ4v) is 3.94. The molecule has 4 heteroatoms. The molecular weight excluding hydrogens is 270 g/mol. The SMILES string of the molecule is O=C(c1cc2ccccc2s1)N1CCCC(CCO)C1. The number of carbonyl (C=O) groups excluding carboxylic acids is 1. The number of carbonyl (C=O) groups is 1. The first-order valence-corrected chi connectivity index (χ1v) is 7.98. The summed E-state index contributed by atoms with van der Waals surface area (Å²) in [7, 11) is 0. The number of nitrogens with zero attached hydrogens (tertiary/aromatic N) is 1. The quantitative estimate of drug-likeness (QED) is 0.943. The van der Waals surface area contributed by atoms with Crippen LogP contribution in [0.25, 0.3) is 10.1 Å². The Balaban J connectivity index is 1.77. The molecule has 1 atom stereocenters. The van der Waals surface area contributed by atoms with Crippen molar-refractivity contribution in [3.05, 3.63) is 35.2 Å². The maximum atomic E-state index is 12.6. The predicted molar refractivity (Wildman–Crippen MR) is 82.2 cm³/mol. The molecule has 0 spiro atoms. The molecule has 0 aliphatic carbocycles. The van der Waals surface area contributed by atoms with Crippen LogP contribution < -0.4 is 0 Å². The molecule has 1 N–H and O–H groups in total. The van der Waals surface area contributed by atoms with E-state index in [-0.39, 0.29) is 12.5 Å². The second-order valence-corrected chi connectivity index (χ2v) is 6.50. The van der Waals surface area contributed by atoms with Crippen LogP contribution in [0.3, 0.4) is 0 Å². The van der Waals surface area contributed by atoms with Gasteiger partial charge in [-0.05, 0) is 42.7 Å². The van der Waals surface area contributed by atoms with Gasteiger partial charge >= 0.3 is 0 Å². The summed E-state index contributed by atoms with van der Waals surface area (Å²) in [4.78, 5) is 15.4. The monoisotopic (exact) mass is 289 g/mol. The van der Waals surface area contributed by atoms with Crippen LogP contribution in [0.2, 0.25) is 0 Å². The molecule has 1 amide bonds. The molecule has 0 saturated carbocycles. The number of hydrogen-bond donors (Lipinski definition) is 1. The van der Waals surface area contributed by atoms with Crippen molar-refractivity contribution >= 4 is 27.3 Å². The summed E-state index contributed by atoms with van der Waals surface area (Å²) in [6.45, 7) is 1.85. The molecule has 2 aromatic rings. The zero-order valence-electron chi connectivity index (χ0n) is 11.4. The second-order valence-electron chi connectivity index (χ2n) is 5.42. The molecule has 0 radical (unpaired) electrons. The third kappa shape index (κ3) is 2.72. The summed E-state index contributed by atoms with van der Waals surface area (Å²) in [6.07, 6.45) is 2.97. The first kappa shape index (κ1) is 13.6. The number of amides is 1. The summed E-state index contributed by atoms with van der Waals surface area (Å²) >= 11 is 1.57. The molecule has 1 fully saturated rings. The Morgan fingerprint density at radius 1 is 1.40 bits per heavy atom. The number of aliphatic hydroxyl groups is 1. The highest BCUT2D eigenvalue weighted by atomic mass is 32.1. The number of benzene rings is 1. The second kappa shape index (κ2) is 5.94. The minimum atomic E-state index is 0.147. The molecule has 106 valence electrons. The molecule has 3 nitrogen and oxygen atoms in total. The Bertz CT molecular complexity index is 572. The Kier molecular flexibility index (Phi) is 4.03. The van der Waals surface area contributed by atoms with E-state index in [2.05, 4.69) is 6.07 Å². The van der Waals surface area contributed by atoms with Gasteiger partial charge in [-0.2, -0.15) is 0 Å². The third-order valence-electron chi connectivity index (χ3n) is 3.98. The van der Waals surface area contributed by atoms with Gasteiger partial charge in [0.1, 0.15) is 0 Å². The Labute approximate surface area is 122 Å². The lowest BCUT2D eigenvalue weighted by atomic mass is 9.95. The third-order valence-corrected chi connectivity index (χ3v) is 5.08. The number of hydrogen-bond acceptors (Lipinski definition) is 3. The van der Waals surface area contributed by atoms with Crippen LogP contribution in [0.4, 0.5) is 0 Å². The maximum Gasteiger partial charge on any atom is 0.263 e. The first-order chi connectivity index (χ1) is 9.78. The van der Waals surface area contributed by atoms with Crippen LogP contribution in [-0.4, -0.2) is 35.6 Å². The molecule has 0 bridgehead atoms. The molecule has 20 heavy (non-hydrogen) atoms. The van der Waals surface area contributed by atoms with Gasteiger partial charge in [0.2, 0.25) is 0 Å². The van der Waals surface area contributed by atoms with E-state index < -0.39 is 0 Å². The van der Waals surface area contributed by atoms with Crippen LogP contribution in [0.1, 0.15) is 28.9 Å². The average Bonchev–Trinajstić information content (AvgIpc) is 2.91. The van der Waals surface area contributed by atoms with Crippen molar-refractivity contribution in [3.63, 3.8) is 0 Å². The molecule has 1 aliphatic rings. The van der Waals surface area contributed by atoms with Gasteiger partial charge in [0.25, 0.3) is 5.91 Å². The van der Waals surface area contributed by atoms with Gasteiger partial charge in [0.05, 0.1) is 4.88 Å². The van der Waals surface area contributed by atoms with E-state index in [1.54, 1.807) is 11.3 Å². The first-order valence-electron chi connectivity index (χ1n) is 7.16. The van der Waals surface area contributed by atoms with Crippen LogP contribution >= 0.6 is 11.3 Å². The fourth-order valence-electron chi connectivity index (χ4n) is 2.91. The standard InChI is InChI=1S/C16H19NO2S/c18-9-7-12-4-3-8-17(11-12)16(19)15-10-13-5-1-2-6-14(13)20-15/h1-2,5-6,10,12,18H,3-4,7-9,11H2. The molecule has 1 aromatic carbocycles. The number of thiophene rings is 1. The van der Waals surface area contributed by atoms with Gasteiger partial charge in [-0.3, -0.25) is 4.79 Å². The minimum Gasteiger partial charge on any atom is -0.396 e. The normalized spacial score (nSPS) is 19.4. The summed E-state index contributed by atoms with van der Waals surface area (Å²) in [5.74, 6) is 0.598. The summed E-state index contributed by atoms with van der Waals surface area (Å²) in [6, 6.07) is 10.1. The molecule has 3 rings (SSSR count). The van der Waals surface area contributed by atoms with Crippen molar-refractivity contribution in [2.75, 3.05) is 19.7 Å². The van der Waals surface area contributed by atoms with Crippen molar-refractivity contribution in [2.24, 2.45) is 5.92 Å². The average molecular weight is 289 g/mol. The van der Waals surface area contributed by atoms with Crippen molar-refractivity contribution < 1.29 is 9.90 Å². The number of likely N-dealkylation sites (tertiary alicyclic amines) is 1. The van der Waals surface area contributed by atoms with E-state index in [1.165, 1.54) is 4.70 Å². The van der Waals surface area contributed by atoms with E-state index in [9.17, 15) is 4.79 Å². The molecule has 1 aliphatic heterocycles. The lowest BCUT2D eigenvalue weighted by Gasteiger charge is -2.32. The van der Waals surface area contributed by atoms with Crippen molar-refractivity contribution in [3.8, 4) is 0 Å². The van der Waals surface area contributed by atoms with E-state index in [4.69, 9.17) is 5.11 Å². The molecule has 2 heterocycles. The number of rotatable bonds is 3. The molecular formula is C16H19NO2S. The molecule has 1 saturated heterocycles. The zero-order valence-corrected chi connectivity index (χ0v) is 12.2. The van der Waals surface area contributed by atoms with Crippen molar-refractivity contribution in [2.45, 2.75) is 19.3 Å². The van der Waals surface area contributed by atoms with Crippen molar-refractivity contribution in [1.29, 1.82) is 0 Å². The van der Waals surface area contributed by atoms with E-state index in [1.807, 2.05) is 29.2 Å². The highest BCUT2D eigenvalue weighted by Crippen LogP contribution is 2.28.